The molecule has 0 N–H and O–H groups in total. The van der Waals surface area contributed by atoms with Crippen molar-refractivity contribution in [2.75, 3.05) is 26.2 Å². The average Bonchev–Trinajstić information content (AvgIpc) is 3.51. The summed E-state index contributed by atoms with van der Waals surface area (Å²) in [6, 6.07) is 10.6. The average molecular weight is 487 g/mol. The highest BCUT2D eigenvalue weighted by Gasteiger charge is 2.29. The van der Waals surface area contributed by atoms with Crippen molar-refractivity contribution in [1.29, 1.82) is 0 Å². The molecule has 174 valence electrons. The van der Waals surface area contributed by atoms with Crippen LogP contribution in [0.4, 0.5) is 0 Å². The summed E-state index contributed by atoms with van der Waals surface area (Å²) >= 11 is 1.67. The molecule has 5 rings (SSSR count). The van der Waals surface area contributed by atoms with Crippen molar-refractivity contribution in [3.05, 3.63) is 58.0 Å². The monoisotopic (exact) mass is 486 g/mol. The molecule has 1 atom stereocenters. The largest absolute Gasteiger partial charge is 0.340 e. The van der Waals surface area contributed by atoms with E-state index in [1.807, 2.05) is 18.2 Å². The standard InChI is InChI=1S/C23H26N4O4S2/c28-21-10-9-18(33(30,31)27-12-3-4-13-27)15-26(21)16-22(29)25-11-5-6-17(14-25)23-24-19-7-1-2-8-20(19)32-23/h1-2,7-10,15,17H,3-6,11-14,16H2. The van der Waals surface area contributed by atoms with Gasteiger partial charge in [0.15, 0.2) is 0 Å². The maximum atomic E-state index is 13.1. The molecular weight excluding hydrogens is 460 g/mol. The molecule has 2 fully saturated rings. The number of carbonyl (C=O) groups is 1. The number of carbonyl (C=O) groups excluding carboxylic acids is 1. The van der Waals surface area contributed by atoms with Crippen molar-refractivity contribution in [3.8, 4) is 0 Å². The number of sulfonamides is 1. The molecule has 0 aliphatic carbocycles. The van der Waals surface area contributed by atoms with Crippen LogP contribution in [0.5, 0.6) is 0 Å². The molecule has 10 heteroatoms. The summed E-state index contributed by atoms with van der Waals surface area (Å²) < 4.78 is 29.5. The lowest BCUT2D eigenvalue weighted by molar-refractivity contribution is -0.133. The third kappa shape index (κ3) is 4.47. The molecule has 2 saturated heterocycles. The number of likely N-dealkylation sites (tertiary alicyclic amines) is 1. The molecule has 1 amide bonds. The Bertz CT molecular complexity index is 1310. The fraction of sp³-hybridized carbons (Fsp3) is 0.435. The number of fused-ring (bicyclic) bond motifs is 1. The predicted octanol–water partition coefficient (Wildman–Crippen LogP) is 2.65. The topological polar surface area (TPSA) is 92.6 Å². The van der Waals surface area contributed by atoms with E-state index in [1.54, 1.807) is 16.2 Å². The molecule has 2 aromatic heterocycles. The van der Waals surface area contributed by atoms with Gasteiger partial charge < -0.3 is 9.47 Å². The number of hydrogen-bond donors (Lipinski definition) is 0. The first-order chi connectivity index (χ1) is 15.9. The van der Waals surface area contributed by atoms with Gasteiger partial charge in [0.2, 0.25) is 15.9 Å². The van der Waals surface area contributed by atoms with E-state index in [-0.39, 0.29) is 28.8 Å². The molecule has 0 saturated carbocycles. The fourth-order valence-electron chi connectivity index (χ4n) is 4.58. The summed E-state index contributed by atoms with van der Waals surface area (Å²) in [5.74, 6) is -0.0164. The smallest absolute Gasteiger partial charge is 0.251 e. The van der Waals surface area contributed by atoms with E-state index >= 15 is 0 Å². The van der Waals surface area contributed by atoms with Gasteiger partial charge in [-0.05, 0) is 43.9 Å². The summed E-state index contributed by atoms with van der Waals surface area (Å²) in [5, 5.41) is 1.03. The molecule has 4 heterocycles. The minimum absolute atomic E-state index is 0.0581. The summed E-state index contributed by atoms with van der Waals surface area (Å²) in [4.78, 5) is 32.1. The SMILES string of the molecule is O=C(Cn1cc(S(=O)(=O)N2CCCC2)ccc1=O)N1CCCC(c2nc3ccccc3s2)C1. The van der Waals surface area contributed by atoms with E-state index in [0.29, 0.717) is 26.2 Å². The summed E-state index contributed by atoms with van der Waals surface area (Å²) in [5.41, 5.74) is 0.590. The number of nitrogens with zero attached hydrogens (tertiary/aromatic N) is 4. The van der Waals surface area contributed by atoms with Crippen LogP contribution >= 0.6 is 11.3 Å². The molecule has 8 nitrogen and oxygen atoms in total. The summed E-state index contributed by atoms with van der Waals surface area (Å²) in [6.07, 6.45) is 4.81. The zero-order chi connectivity index (χ0) is 23.0. The maximum Gasteiger partial charge on any atom is 0.251 e. The number of para-hydroxylation sites is 1. The van der Waals surface area contributed by atoms with E-state index in [4.69, 9.17) is 4.98 Å². The Morgan fingerprint density at radius 2 is 1.85 bits per heavy atom. The molecule has 0 spiro atoms. The van der Waals surface area contributed by atoms with Crippen molar-refractivity contribution >= 4 is 37.5 Å². The van der Waals surface area contributed by atoms with Crippen molar-refractivity contribution in [3.63, 3.8) is 0 Å². The lowest BCUT2D eigenvalue weighted by Gasteiger charge is -2.32. The van der Waals surface area contributed by atoms with Gasteiger partial charge in [0, 0.05) is 44.4 Å². The second kappa shape index (κ2) is 9.00. The number of pyridine rings is 1. The normalized spacial score (nSPS) is 19.9. The number of aromatic nitrogens is 2. The third-order valence-electron chi connectivity index (χ3n) is 6.40. The number of benzene rings is 1. The molecule has 2 aliphatic heterocycles. The Morgan fingerprint density at radius 1 is 1.06 bits per heavy atom. The van der Waals surface area contributed by atoms with E-state index in [9.17, 15) is 18.0 Å². The second-order valence-corrected chi connectivity index (χ2v) is 11.6. The van der Waals surface area contributed by atoms with Crippen LogP contribution < -0.4 is 5.56 Å². The number of hydrogen-bond acceptors (Lipinski definition) is 6. The van der Waals surface area contributed by atoms with Crippen LogP contribution in [-0.4, -0.2) is 59.3 Å². The highest BCUT2D eigenvalue weighted by atomic mass is 32.2. The quantitative estimate of drug-likeness (QED) is 0.553. The van der Waals surface area contributed by atoms with Gasteiger partial charge in [-0.3, -0.25) is 9.59 Å². The highest BCUT2D eigenvalue weighted by molar-refractivity contribution is 7.89. The van der Waals surface area contributed by atoms with Crippen LogP contribution in [0.1, 0.15) is 36.6 Å². The Labute approximate surface area is 196 Å². The van der Waals surface area contributed by atoms with Crippen LogP contribution in [0.15, 0.2) is 52.3 Å². The third-order valence-corrected chi connectivity index (χ3v) is 9.48. The lowest BCUT2D eigenvalue weighted by Crippen LogP contribution is -2.42. The predicted molar refractivity (Wildman–Crippen MR) is 127 cm³/mol. The molecule has 33 heavy (non-hydrogen) atoms. The van der Waals surface area contributed by atoms with Gasteiger partial charge in [-0.1, -0.05) is 12.1 Å². The minimum Gasteiger partial charge on any atom is -0.340 e. The van der Waals surface area contributed by atoms with Crippen molar-refractivity contribution < 1.29 is 13.2 Å². The fourth-order valence-corrected chi connectivity index (χ4v) is 7.21. The van der Waals surface area contributed by atoms with E-state index in [0.717, 1.165) is 40.9 Å². The second-order valence-electron chi connectivity index (χ2n) is 8.64. The van der Waals surface area contributed by atoms with Crippen molar-refractivity contribution in [2.24, 2.45) is 0 Å². The first-order valence-corrected chi connectivity index (χ1v) is 13.5. The van der Waals surface area contributed by atoms with Crippen LogP contribution in [-0.2, 0) is 21.4 Å². The number of piperidine rings is 1. The van der Waals surface area contributed by atoms with Gasteiger partial charge in [0.25, 0.3) is 5.56 Å². The van der Waals surface area contributed by atoms with Crippen LogP contribution in [0.3, 0.4) is 0 Å². The molecule has 0 radical (unpaired) electrons. The number of rotatable bonds is 5. The molecule has 2 aliphatic rings. The van der Waals surface area contributed by atoms with Crippen LogP contribution in [0.25, 0.3) is 10.2 Å². The minimum atomic E-state index is -3.65. The Balaban J connectivity index is 1.32. The molecule has 3 aromatic rings. The Hall–Kier alpha value is -2.56. The first-order valence-electron chi connectivity index (χ1n) is 11.3. The highest BCUT2D eigenvalue weighted by Crippen LogP contribution is 2.33. The summed E-state index contributed by atoms with van der Waals surface area (Å²) in [6.45, 7) is 1.98. The molecule has 1 aromatic carbocycles. The van der Waals surface area contributed by atoms with Crippen LogP contribution in [0.2, 0.25) is 0 Å². The van der Waals surface area contributed by atoms with Gasteiger partial charge in [0.1, 0.15) is 6.54 Å². The van der Waals surface area contributed by atoms with E-state index in [1.165, 1.54) is 27.2 Å². The zero-order valence-corrected chi connectivity index (χ0v) is 19.9. The lowest BCUT2D eigenvalue weighted by atomic mass is 9.98. The number of amides is 1. The Kier molecular flexibility index (Phi) is 6.07. The van der Waals surface area contributed by atoms with Gasteiger partial charge in [-0.15, -0.1) is 11.3 Å². The molecular formula is C23H26N4O4S2. The Morgan fingerprint density at radius 3 is 2.64 bits per heavy atom. The van der Waals surface area contributed by atoms with Crippen LogP contribution in [0, 0.1) is 0 Å². The zero-order valence-electron chi connectivity index (χ0n) is 18.2. The van der Waals surface area contributed by atoms with Crippen molar-refractivity contribution in [1.82, 2.24) is 18.8 Å². The van der Waals surface area contributed by atoms with E-state index < -0.39 is 10.0 Å². The summed E-state index contributed by atoms with van der Waals surface area (Å²) in [7, 11) is -3.65. The van der Waals surface area contributed by atoms with E-state index in [2.05, 4.69) is 6.07 Å². The van der Waals surface area contributed by atoms with Gasteiger partial charge in [-0.25, -0.2) is 13.4 Å². The van der Waals surface area contributed by atoms with Gasteiger partial charge in [0.05, 0.1) is 20.1 Å². The first kappa shape index (κ1) is 22.2. The maximum absolute atomic E-state index is 13.1. The molecule has 0 bridgehead atoms. The molecule has 1 unspecified atom stereocenters. The van der Waals surface area contributed by atoms with Gasteiger partial charge in [-0.2, -0.15) is 4.31 Å². The van der Waals surface area contributed by atoms with Gasteiger partial charge >= 0.3 is 0 Å². The number of thiazole rings is 1. The van der Waals surface area contributed by atoms with Crippen molar-refractivity contribution in [2.45, 2.75) is 43.0 Å².